The third-order valence-corrected chi connectivity index (χ3v) is 3.29. The summed E-state index contributed by atoms with van der Waals surface area (Å²) in [5.41, 5.74) is 1.07. The van der Waals surface area contributed by atoms with E-state index in [-0.39, 0.29) is 0 Å². The Balaban J connectivity index is 1.89. The van der Waals surface area contributed by atoms with Gasteiger partial charge in [-0.3, -0.25) is 0 Å². The molecule has 0 bridgehead atoms. The van der Waals surface area contributed by atoms with Crippen LogP contribution in [0.1, 0.15) is 6.42 Å². The molecule has 16 heavy (non-hydrogen) atoms. The Morgan fingerprint density at radius 3 is 2.88 bits per heavy atom. The first-order valence-corrected chi connectivity index (χ1v) is 6.42. The van der Waals surface area contributed by atoms with Crippen molar-refractivity contribution in [3.8, 4) is 0 Å². The first-order valence-electron chi connectivity index (χ1n) is 5.48. The third kappa shape index (κ3) is 3.00. The van der Waals surface area contributed by atoms with Gasteiger partial charge in [-0.1, -0.05) is 18.2 Å². The van der Waals surface area contributed by atoms with Gasteiger partial charge in [-0.15, -0.1) is 0 Å². The van der Waals surface area contributed by atoms with Crippen LogP contribution in [0.2, 0.25) is 0 Å². The maximum absolute atomic E-state index is 4.50. The minimum absolute atomic E-state index is 1.07. The number of aromatic nitrogens is 2. The van der Waals surface area contributed by atoms with Gasteiger partial charge in [0, 0.05) is 17.3 Å². The van der Waals surface area contributed by atoms with Gasteiger partial charge in [0.25, 0.3) is 0 Å². The molecule has 0 atom stereocenters. The molecule has 2 rings (SSSR count). The molecule has 0 saturated heterocycles. The van der Waals surface area contributed by atoms with Gasteiger partial charge in [0.05, 0.1) is 5.52 Å². The Hall–Kier alpha value is -1.00. The summed E-state index contributed by atoms with van der Waals surface area (Å²) in [5, 5.41) is 5.71. The SMILES string of the molecule is CN(C)CCCSn1cc2ccccc2n1. The number of rotatable bonds is 5. The highest BCUT2D eigenvalue weighted by Crippen LogP contribution is 2.15. The molecule has 0 N–H and O–H groups in total. The molecule has 0 unspecified atom stereocenters. The summed E-state index contributed by atoms with van der Waals surface area (Å²) < 4.78 is 1.97. The maximum Gasteiger partial charge on any atom is 0.0933 e. The minimum atomic E-state index is 1.07. The predicted molar refractivity (Wildman–Crippen MR) is 70.8 cm³/mol. The topological polar surface area (TPSA) is 21.1 Å². The summed E-state index contributed by atoms with van der Waals surface area (Å²) in [5.74, 6) is 1.10. The van der Waals surface area contributed by atoms with E-state index in [1.54, 1.807) is 11.9 Å². The Bertz CT molecular complexity index is 417. The van der Waals surface area contributed by atoms with Crippen molar-refractivity contribution in [1.29, 1.82) is 0 Å². The van der Waals surface area contributed by atoms with E-state index in [0.29, 0.717) is 0 Å². The Morgan fingerprint density at radius 1 is 1.31 bits per heavy atom. The van der Waals surface area contributed by atoms with E-state index < -0.39 is 0 Å². The van der Waals surface area contributed by atoms with E-state index in [1.165, 1.54) is 11.8 Å². The minimum Gasteiger partial charge on any atom is -0.309 e. The zero-order valence-corrected chi connectivity index (χ0v) is 10.6. The first-order chi connectivity index (χ1) is 7.75. The zero-order valence-electron chi connectivity index (χ0n) is 9.76. The quantitative estimate of drug-likeness (QED) is 0.743. The molecule has 0 aliphatic heterocycles. The summed E-state index contributed by atoms with van der Waals surface area (Å²) in [6.45, 7) is 1.13. The molecule has 0 spiro atoms. The number of nitrogens with zero attached hydrogens (tertiary/aromatic N) is 3. The van der Waals surface area contributed by atoms with E-state index in [2.05, 4.69) is 36.4 Å². The van der Waals surface area contributed by atoms with Crippen LogP contribution in [0.4, 0.5) is 0 Å². The van der Waals surface area contributed by atoms with Crippen molar-refractivity contribution < 1.29 is 0 Å². The largest absolute Gasteiger partial charge is 0.309 e. The van der Waals surface area contributed by atoms with Crippen molar-refractivity contribution in [3.05, 3.63) is 30.5 Å². The highest BCUT2D eigenvalue weighted by molar-refractivity contribution is 7.97. The zero-order chi connectivity index (χ0) is 11.4. The number of benzene rings is 1. The molecule has 0 aliphatic carbocycles. The fourth-order valence-electron chi connectivity index (χ4n) is 1.55. The molecule has 1 heterocycles. The molecule has 1 aromatic carbocycles. The fourth-order valence-corrected chi connectivity index (χ4v) is 2.33. The second kappa shape index (κ2) is 5.37. The molecule has 0 amide bonds. The molecule has 3 nitrogen and oxygen atoms in total. The van der Waals surface area contributed by atoms with E-state index in [0.717, 1.165) is 17.8 Å². The van der Waals surface area contributed by atoms with Gasteiger partial charge in [0.1, 0.15) is 0 Å². The van der Waals surface area contributed by atoms with Gasteiger partial charge in [-0.25, -0.2) is 4.09 Å². The molecule has 4 heteroatoms. The highest BCUT2D eigenvalue weighted by atomic mass is 32.2. The lowest BCUT2D eigenvalue weighted by atomic mass is 10.3. The third-order valence-electron chi connectivity index (χ3n) is 2.37. The summed E-state index contributed by atoms with van der Waals surface area (Å²) in [6, 6.07) is 8.22. The van der Waals surface area contributed by atoms with Gasteiger partial charge in [-0.05, 0) is 45.1 Å². The average molecular weight is 235 g/mol. The van der Waals surface area contributed by atoms with Crippen LogP contribution in [0, 0.1) is 0 Å². The Morgan fingerprint density at radius 2 is 2.12 bits per heavy atom. The van der Waals surface area contributed by atoms with Crippen LogP contribution in [0.25, 0.3) is 10.9 Å². The summed E-state index contributed by atoms with van der Waals surface area (Å²) in [7, 11) is 4.21. The van der Waals surface area contributed by atoms with Crippen LogP contribution in [0.3, 0.4) is 0 Å². The maximum atomic E-state index is 4.50. The number of fused-ring (bicyclic) bond motifs is 1. The summed E-state index contributed by atoms with van der Waals surface area (Å²) >= 11 is 1.77. The average Bonchev–Trinajstić information content (AvgIpc) is 2.66. The van der Waals surface area contributed by atoms with E-state index in [1.807, 2.05) is 22.3 Å². The van der Waals surface area contributed by atoms with Crippen molar-refractivity contribution in [2.24, 2.45) is 0 Å². The molecule has 0 saturated carbocycles. The lowest BCUT2D eigenvalue weighted by molar-refractivity contribution is 0.410. The predicted octanol–water partition coefficient (Wildman–Crippen LogP) is 2.48. The standard InChI is InChI=1S/C12H17N3S/c1-14(2)8-5-9-16-15-10-11-6-3-4-7-12(11)13-15/h3-4,6-7,10H,5,8-9H2,1-2H3. The summed E-state index contributed by atoms with van der Waals surface area (Å²) in [4.78, 5) is 2.21. The van der Waals surface area contributed by atoms with Crippen molar-refractivity contribution >= 4 is 22.9 Å². The molecular formula is C12H17N3S. The number of hydrogen-bond donors (Lipinski definition) is 0. The second-order valence-corrected chi connectivity index (χ2v) is 5.12. The van der Waals surface area contributed by atoms with Crippen LogP contribution in [-0.2, 0) is 0 Å². The van der Waals surface area contributed by atoms with Crippen LogP contribution >= 0.6 is 11.9 Å². The lowest BCUT2D eigenvalue weighted by Crippen LogP contribution is -2.13. The molecule has 0 radical (unpaired) electrons. The smallest absolute Gasteiger partial charge is 0.0933 e. The molecule has 2 aromatic rings. The Labute approximate surface area is 101 Å². The van der Waals surface area contributed by atoms with Crippen molar-refractivity contribution in [2.45, 2.75) is 6.42 Å². The molecular weight excluding hydrogens is 218 g/mol. The van der Waals surface area contributed by atoms with Crippen molar-refractivity contribution in [1.82, 2.24) is 14.1 Å². The van der Waals surface area contributed by atoms with Crippen LogP contribution in [0.5, 0.6) is 0 Å². The monoisotopic (exact) mass is 235 g/mol. The van der Waals surface area contributed by atoms with E-state index >= 15 is 0 Å². The highest BCUT2D eigenvalue weighted by Gasteiger charge is 1.99. The number of hydrogen-bond acceptors (Lipinski definition) is 3. The Kier molecular flexibility index (Phi) is 3.85. The van der Waals surface area contributed by atoms with Crippen LogP contribution < -0.4 is 0 Å². The van der Waals surface area contributed by atoms with E-state index in [4.69, 9.17) is 0 Å². The van der Waals surface area contributed by atoms with Gasteiger partial charge in [0.15, 0.2) is 0 Å². The lowest BCUT2D eigenvalue weighted by Gasteiger charge is -2.07. The molecule has 86 valence electrons. The van der Waals surface area contributed by atoms with Gasteiger partial charge in [-0.2, -0.15) is 5.10 Å². The molecule has 0 aliphatic rings. The first kappa shape index (κ1) is 11.5. The van der Waals surface area contributed by atoms with Crippen molar-refractivity contribution in [2.75, 3.05) is 26.4 Å². The van der Waals surface area contributed by atoms with Gasteiger partial charge in [0.2, 0.25) is 0 Å². The van der Waals surface area contributed by atoms with Gasteiger partial charge < -0.3 is 4.90 Å². The molecule has 0 fully saturated rings. The fraction of sp³-hybridized carbons (Fsp3) is 0.417. The van der Waals surface area contributed by atoms with Crippen molar-refractivity contribution in [3.63, 3.8) is 0 Å². The van der Waals surface area contributed by atoms with E-state index in [9.17, 15) is 0 Å². The van der Waals surface area contributed by atoms with Crippen LogP contribution in [-0.4, -0.2) is 40.5 Å². The normalized spacial score (nSPS) is 11.4. The second-order valence-electron chi connectivity index (χ2n) is 4.08. The van der Waals surface area contributed by atoms with Crippen LogP contribution in [0.15, 0.2) is 30.5 Å². The van der Waals surface area contributed by atoms with Gasteiger partial charge >= 0.3 is 0 Å². The molecule has 1 aromatic heterocycles. The summed E-state index contributed by atoms with van der Waals surface area (Å²) in [6.07, 6.45) is 3.28.